The van der Waals surface area contributed by atoms with Crippen LogP contribution in [-0.2, 0) is 11.2 Å². The standard InChI is InChI=1S/C17H26BrNO/c1-14(13-15-7-9-16(18)10-8-15)19-11-12-20-17-5-3-2-4-6-17/h7-10,14,17,19H,2-6,11-13H2,1H3. The van der Waals surface area contributed by atoms with E-state index in [0.29, 0.717) is 12.1 Å². The number of rotatable bonds is 7. The van der Waals surface area contributed by atoms with Crippen LogP contribution in [0.1, 0.15) is 44.6 Å². The molecule has 3 heteroatoms. The molecule has 2 nitrogen and oxygen atoms in total. The molecule has 0 aromatic heterocycles. The molecular formula is C17H26BrNO. The second-order valence-electron chi connectivity index (χ2n) is 5.82. The van der Waals surface area contributed by atoms with E-state index in [1.165, 1.54) is 37.7 Å². The Balaban J connectivity index is 1.57. The highest BCUT2D eigenvalue weighted by Gasteiger charge is 2.13. The Bertz CT molecular complexity index is 373. The molecular weight excluding hydrogens is 314 g/mol. The third-order valence-electron chi connectivity index (χ3n) is 3.96. The van der Waals surface area contributed by atoms with Crippen LogP contribution in [0.3, 0.4) is 0 Å². The highest BCUT2D eigenvalue weighted by atomic mass is 79.9. The first-order valence-electron chi connectivity index (χ1n) is 7.83. The normalized spacial score (nSPS) is 18.1. The number of hydrogen-bond acceptors (Lipinski definition) is 2. The van der Waals surface area contributed by atoms with Gasteiger partial charge in [-0.2, -0.15) is 0 Å². The van der Waals surface area contributed by atoms with Crippen LogP contribution in [-0.4, -0.2) is 25.3 Å². The molecule has 1 fully saturated rings. The van der Waals surface area contributed by atoms with Gasteiger partial charge in [-0.05, 0) is 43.9 Å². The summed E-state index contributed by atoms with van der Waals surface area (Å²) in [7, 11) is 0. The van der Waals surface area contributed by atoms with Crippen LogP contribution in [0.5, 0.6) is 0 Å². The van der Waals surface area contributed by atoms with Crippen molar-refractivity contribution < 1.29 is 4.74 Å². The van der Waals surface area contributed by atoms with Gasteiger partial charge < -0.3 is 10.1 Å². The molecule has 1 aromatic carbocycles. The van der Waals surface area contributed by atoms with Crippen LogP contribution in [0.2, 0.25) is 0 Å². The maximum atomic E-state index is 5.93. The van der Waals surface area contributed by atoms with Crippen molar-refractivity contribution in [1.82, 2.24) is 5.32 Å². The number of halogens is 1. The first kappa shape index (κ1) is 16.0. The van der Waals surface area contributed by atoms with E-state index in [9.17, 15) is 0 Å². The van der Waals surface area contributed by atoms with E-state index in [1.807, 2.05) is 0 Å². The molecule has 2 rings (SSSR count). The van der Waals surface area contributed by atoms with Crippen LogP contribution in [0, 0.1) is 0 Å². The second-order valence-corrected chi connectivity index (χ2v) is 6.73. The summed E-state index contributed by atoms with van der Waals surface area (Å²) in [4.78, 5) is 0. The molecule has 0 amide bonds. The van der Waals surface area contributed by atoms with E-state index in [-0.39, 0.29) is 0 Å². The van der Waals surface area contributed by atoms with Gasteiger partial charge in [0.05, 0.1) is 12.7 Å². The van der Waals surface area contributed by atoms with E-state index < -0.39 is 0 Å². The first-order valence-corrected chi connectivity index (χ1v) is 8.63. The summed E-state index contributed by atoms with van der Waals surface area (Å²) in [5.41, 5.74) is 1.38. The van der Waals surface area contributed by atoms with Crippen LogP contribution in [0.15, 0.2) is 28.7 Å². The molecule has 0 bridgehead atoms. The lowest BCUT2D eigenvalue weighted by Gasteiger charge is -2.22. The molecule has 0 spiro atoms. The van der Waals surface area contributed by atoms with Gasteiger partial charge in [0.2, 0.25) is 0 Å². The smallest absolute Gasteiger partial charge is 0.0594 e. The molecule has 1 saturated carbocycles. The topological polar surface area (TPSA) is 21.3 Å². The Morgan fingerprint density at radius 3 is 2.60 bits per heavy atom. The van der Waals surface area contributed by atoms with Gasteiger partial charge in [0, 0.05) is 17.1 Å². The minimum atomic E-state index is 0.492. The summed E-state index contributed by atoms with van der Waals surface area (Å²) in [5, 5.41) is 3.55. The fraction of sp³-hybridized carbons (Fsp3) is 0.647. The zero-order chi connectivity index (χ0) is 14.2. The minimum Gasteiger partial charge on any atom is -0.377 e. The highest BCUT2D eigenvalue weighted by molar-refractivity contribution is 9.10. The SMILES string of the molecule is CC(Cc1ccc(Br)cc1)NCCOC1CCCCC1. The average molecular weight is 340 g/mol. The van der Waals surface area contributed by atoms with Crippen molar-refractivity contribution in [3.8, 4) is 0 Å². The lowest BCUT2D eigenvalue weighted by molar-refractivity contribution is 0.0295. The van der Waals surface area contributed by atoms with Gasteiger partial charge in [0.15, 0.2) is 0 Å². The Morgan fingerprint density at radius 2 is 1.90 bits per heavy atom. The first-order chi connectivity index (χ1) is 9.74. The van der Waals surface area contributed by atoms with Crippen molar-refractivity contribution in [2.45, 2.75) is 57.6 Å². The maximum absolute atomic E-state index is 5.93. The van der Waals surface area contributed by atoms with Crippen LogP contribution in [0.25, 0.3) is 0 Å². The summed E-state index contributed by atoms with van der Waals surface area (Å²) in [5.74, 6) is 0. The molecule has 20 heavy (non-hydrogen) atoms. The van der Waals surface area contributed by atoms with E-state index >= 15 is 0 Å². The van der Waals surface area contributed by atoms with Crippen LogP contribution < -0.4 is 5.32 Å². The zero-order valence-electron chi connectivity index (χ0n) is 12.4. The Morgan fingerprint density at radius 1 is 1.20 bits per heavy atom. The van der Waals surface area contributed by atoms with Crippen molar-refractivity contribution in [2.24, 2.45) is 0 Å². The molecule has 1 aromatic rings. The van der Waals surface area contributed by atoms with E-state index in [4.69, 9.17) is 4.74 Å². The lowest BCUT2D eigenvalue weighted by atomic mass is 9.98. The predicted octanol–water partition coefficient (Wildman–Crippen LogP) is 4.32. The van der Waals surface area contributed by atoms with Crippen molar-refractivity contribution in [3.63, 3.8) is 0 Å². The summed E-state index contributed by atoms with van der Waals surface area (Å²) in [6, 6.07) is 9.07. The number of benzene rings is 1. The van der Waals surface area contributed by atoms with Gasteiger partial charge >= 0.3 is 0 Å². The number of hydrogen-bond donors (Lipinski definition) is 1. The number of nitrogens with one attached hydrogen (secondary N) is 1. The predicted molar refractivity (Wildman–Crippen MR) is 88.1 cm³/mol. The molecule has 0 aliphatic heterocycles. The molecule has 112 valence electrons. The quantitative estimate of drug-likeness (QED) is 0.747. The summed E-state index contributed by atoms with van der Waals surface area (Å²) >= 11 is 3.47. The van der Waals surface area contributed by atoms with E-state index in [0.717, 1.165) is 24.0 Å². The summed E-state index contributed by atoms with van der Waals surface area (Å²) in [6.07, 6.45) is 8.19. The minimum absolute atomic E-state index is 0.492. The Labute approximate surface area is 131 Å². The molecule has 0 saturated heterocycles. The largest absolute Gasteiger partial charge is 0.377 e. The molecule has 1 aliphatic carbocycles. The second kappa shape index (κ2) is 8.81. The third kappa shape index (κ3) is 5.94. The van der Waals surface area contributed by atoms with Gasteiger partial charge in [-0.1, -0.05) is 47.3 Å². The van der Waals surface area contributed by atoms with Crippen molar-refractivity contribution in [2.75, 3.05) is 13.2 Å². The molecule has 1 atom stereocenters. The third-order valence-corrected chi connectivity index (χ3v) is 4.48. The van der Waals surface area contributed by atoms with E-state index in [1.54, 1.807) is 0 Å². The molecule has 1 N–H and O–H groups in total. The summed E-state index contributed by atoms with van der Waals surface area (Å²) in [6.45, 7) is 4.03. The van der Waals surface area contributed by atoms with Gasteiger partial charge in [-0.15, -0.1) is 0 Å². The summed E-state index contributed by atoms with van der Waals surface area (Å²) < 4.78 is 7.07. The fourth-order valence-corrected chi connectivity index (χ4v) is 3.07. The Kier molecular flexibility index (Phi) is 7.05. The molecule has 1 aliphatic rings. The van der Waals surface area contributed by atoms with Crippen molar-refractivity contribution >= 4 is 15.9 Å². The van der Waals surface area contributed by atoms with Gasteiger partial charge in [-0.25, -0.2) is 0 Å². The van der Waals surface area contributed by atoms with Crippen LogP contribution >= 0.6 is 15.9 Å². The van der Waals surface area contributed by atoms with Gasteiger partial charge in [0.25, 0.3) is 0 Å². The van der Waals surface area contributed by atoms with Crippen LogP contribution in [0.4, 0.5) is 0 Å². The van der Waals surface area contributed by atoms with Gasteiger partial charge in [0.1, 0.15) is 0 Å². The molecule has 0 radical (unpaired) electrons. The zero-order valence-corrected chi connectivity index (χ0v) is 14.0. The molecule has 0 heterocycles. The highest BCUT2D eigenvalue weighted by Crippen LogP contribution is 2.19. The molecule has 1 unspecified atom stereocenters. The van der Waals surface area contributed by atoms with Crippen molar-refractivity contribution in [3.05, 3.63) is 34.3 Å². The average Bonchev–Trinajstić information content (AvgIpc) is 2.47. The Hall–Kier alpha value is -0.380. The van der Waals surface area contributed by atoms with Gasteiger partial charge in [-0.3, -0.25) is 0 Å². The van der Waals surface area contributed by atoms with Crippen molar-refractivity contribution in [1.29, 1.82) is 0 Å². The monoisotopic (exact) mass is 339 g/mol. The maximum Gasteiger partial charge on any atom is 0.0594 e. The number of ether oxygens (including phenoxy) is 1. The van der Waals surface area contributed by atoms with E-state index in [2.05, 4.69) is 52.4 Å². The lowest BCUT2D eigenvalue weighted by Crippen LogP contribution is -2.32. The fourth-order valence-electron chi connectivity index (χ4n) is 2.81.